The molecular weight excluding hydrogens is 402 g/mol. The first kappa shape index (κ1) is 22.0. The Labute approximate surface area is 168 Å². The molecule has 0 radical (unpaired) electrons. The molecule has 0 N–H and O–H groups in total. The zero-order valence-corrected chi connectivity index (χ0v) is 17.2. The van der Waals surface area contributed by atoms with Crippen molar-refractivity contribution in [3.63, 3.8) is 0 Å². The fraction of sp³-hybridized carbons (Fsp3) is 0.263. The number of benzene rings is 2. The highest BCUT2D eigenvalue weighted by Crippen LogP contribution is 2.32. The van der Waals surface area contributed by atoms with Gasteiger partial charge in [0.05, 0.1) is 44.6 Å². The highest BCUT2D eigenvalue weighted by atomic mass is 32.2. The number of sulfonamides is 1. The molecule has 0 saturated carbocycles. The quantitative estimate of drug-likeness (QED) is 0.592. The minimum Gasteiger partial charge on any atom is -0.493 e. The summed E-state index contributed by atoms with van der Waals surface area (Å²) in [4.78, 5) is 23.6. The van der Waals surface area contributed by atoms with E-state index in [9.17, 15) is 18.0 Å². The van der Waals surface area contributed by atoms with Crippen molar-refractivity contribution < 1.29 is 37.0 Å². The molecular formula is C19H21NO8S. The number of hydrogen-bond acceptors (Lipinski definition) is 8. The van der Waals surface area contributed by atoms with Gasteiger partial charge in [0.2, 0.25) is 0 Å². The summed E-state index contributed by atoms with van der Waals surface area (Å²) >= 11 is 0. The fourth-order valence-corrected chi connectivity index (χ4v) is 3.92. The second-order valence-corrected chi connectivity index (χ2v) is 7.51. The third-order valence-corrected chi connectivity index (χ3v) is 5.77. The van der Waals surface area contributed by atoms with E-state index in [1.54, 1.807) is 0 Å². The Bertz CT molecular complexity index is 1000. The first-order valence-electron chi connectivity index (χ1n) is 8.28. The molecule has 9 nitrogen and oxygen atoms in total. The van der Waals surface area contributed by atoms with Crippen LogP contribution < -0.4 is 13.8 Å². The molecule has 0 aliphatic rings. The van der Waals surface area contributed by atoms with Crippen LogP contribution in [0.2, 0.25) is 0 Å². The third-order valence-electron chi connectivity index (χ3n) is 4.00. The number of hydrogen-bond donors (Lipinski definition) is 0. The molecule has 0 spiro atoms. The van der Waals surface area contributed by atoms with E-state index in [1.807, 2.05) is 0 Å². The van der Waals surface area contributed by atoms with Crippen molar-refractivity contribution in [2.75, 3.05) is 39.3 Å². The van der Waals surface area contributed by atoms with Crippen LogP contribution in [0.25, 0.3) is 0 Å². The van der Waals surface area contributed by atoms with Crippen molar-refractivity contribution in [1.82, 2.24) is 0 Å². The average Bonchev–Trinajstić information content (AvgIpc) is 2.75. The molecule has 0 atom stereocenters. The Morgan fingerprint density at radius 1 is 0.897 bits per heavy atom. The molecule has 0 aromatic heterocycles. The molecule has 0 saturated heterocycles. The number of ether oxygens (including phenoxy) is 4. The van der Waals surface area contributed by atoms with E-state index < -0.39 is 28.5 Å². The summed E-state index contributed by atoms with van der Waals surface area (Å²) in [5, 5.41) is 0. The zero-order valence-electron chi connectivity index (χ0n) is 16.4. The Morgan fingerprint density at radius 3 is 2.17 bits per heavy atom. The number of methoxy groups -OCH3 is 4. The molecule has 0 fully saturated rings. The summed E-state index contributed by atoms with van der Waals surface area (Å²) < 4.78 is 47.0. The van der Waals surface area contributed by atoms with Gasteiger partial charge in [-0.15, -0.1) is 0 Å². The molecule has 0 unspecified atom stereocenters. The lowest BCUT2D eigenvalue weighted by Gasteiger charge is -2.24. The van der Waals surface area contributed by atoms with Crippen molar-refractivity contribution in [3.8, 4) is 11.5 Å². The largest absolute Gasteiger partial charge is 0.493 e. The van der Waals surface area contributed by atoms with E-state index in [0.29, 0.717) is 5.75 Å². The highest BCUT2D eigenvalue weighted by Gasteiger charge is 2.29. The average molecular weight is 423 g/mol. The van der Waals surface area contributed by atoms with Crippen LogP contribution >= 0.6 is 0 Å². The minimum absolute atomic E-state index is 0.0908. The maximum absolute atomic E-state index is 13.3. The Hall–Kier alpha value is -3.27. The van der Waals surface area contributed by atoms with Crippen LogP contribution in [-0.2, 0) is 24.3 Å². The molecule has 0 heterocycles. The second-order valence-electron chi connectivity index (χ2n) is 5.65. The van der Waals surface area contributed by atoms with Crippen molar-refractivity contribution >= 4 is 27.6 Å². The number of anilines is 1. The number of esters is 2. The molecule has 0 aliphatic heterocycles. The lowest BCUT2D eigenvalue weighted by Crippen LogP contribution is -2.36. The van der Waals surface area contributed by atoms with Gasteiger partial charge in [-0.05, 0) is 30.3 Å². The van der Waals surface area contributed by atoms with Gasteiger partial charge in [-0.3, -0.25) is 9.10 Å². The van der Waals surface area contributed by atoms with Gasteiger partial charge in [0.1, 0.15) is 6.54 Å². The van der Waals surface area contributed by atoms with Crippen molar-refractivity contribution in [1.29, 1.82) is 0 Å². The van der Waals surface area contributed by atoms with Gasteiger partial charge in [-0.1, -0.05) is 6.07 Å². The predicted octanol–water partition coefficient (Wildman–Crippen LogP) is 1.86. The predicted molar refractivity (Wildman–Crippen MR) is 104 cm³/mol. The summed E-state index contributed by atoms with van der Waals surface area (Å²) in [5.41, 5.74) is 0.218. The summed E-state index contributed by atoms with van der Waals surface area (Å²) in [6, 6.07) is 9.76. The standard InChI is InChI=1S/C19H21NO8S/c1-25-16-9-8-15(11-17(16)26-2)29(23,24)20(12-18(21)27-3)14-7-5-6-13(10-14)19(22)28-4/h5-11H,12H2,1-4H3. The highest BCUT2D eigenvalue weighted by molar-refractivity contribution is 7.92. The summed E-state index contributed by atoms with van der Waals surface area (Å²) in [6.07, 6.45) is 0. The van der Waals surface area contributed by atoms with Gasteiger partial charge in [0.15, 0.2) is 11.5 Å². The Morgan fingerprint density at radius 2 is 1.59 bits per heavy atom. The van der Waals surface area contributed by atoms with Crippen LogP contribution in [0.3, 0.4) is 0 Å². The van der Waals surface area contributed by atoms with Gasteiger partial charge < -0.3 is 18.9 Å². The fourth-order valence-electron chi connectivity index (χ4n) is 2.51. The number of rotatable bonds is 8. The van der Waals surface area contributed by atoms with Gasteiger partial charge in [-0.2, -0.15) is 0 Å². The van der Waals surface area contributed by atoms with E-state index in [0.717, 1.165) is 11.4 Å². The molecule has 0 aliphatic carbocycles. The molecule has 2 aromatic rings. The van der Waals surface area contributed by atoms with Crippen LogP contribution in [-0.4, -0.2) is 55.3 Å². The maximum atomic E-state index is 13.3. The van der Waals surface area contributed by atoms with Crippen LogP contribution in [0.5, 0.6) is 11.5 Å². The van der Waals surface area contributed by atoms with Gasteiger partial charge in [0.25, 0.3) is 10.0 Å². The Kier molecular flexibility index (Phi) is 7.05. The van der Waals surface area contributed by atoms with Crippen molar-refractivity contribution in [3.05, 3.63) is 48.0 Å². The molecule has 29 heavy (non-hydrogen) atoms. The van der Waals surface area contributed by atoms with E-state index in [1.165, 1.54) is 63.8 Å². The van der Waals surface area contributed by atoms with E-state index in [4.69, 9.17) is 9.47 Å². The number of carbonyl (C=O) groups is 2. The molecule has 2 aromatic carbocycles. The van der Waals surface area contributed by atoms with Crippen LogP contribution in [0.15, 0.2) is 47.4 Å². The molecule has 2 rings (SSSR count). The lowest BCUT2D eigenvalue weighted by atomic mass is 10.2. The van der Waals surface area contributed by atoms with E-state index in [-0.39, 0.29) is 21.9 Å². The summed E-state index contributed by atoms with van der Waals surface area (Å²) in [7, 11) is 0.936. The number of carbonyl (C=O) groups excluding carboxylic acids is 2. The summed E-state index contributed by atoms with van der Waals surface area (Å²) in [6.45, 7) is -0.599. The van der Waals surface area contributed by atoms with Gasteiger partial charge in [0, 0.05) is 6.07 Å². The second kappa shape index (κ2) is 9.28. The van der Waals surface area contributed by atoms with Gasteiger partial charge in [-0.25, -0.2) is 13.2 Å². The lowest BCUT2D eigenvalue weighted by molar-refractivity contribution is -0.138. The van der Waals surface area contributed by atoms with E-state index >= 15 is 0 Å². The Balaban J connectivity index is 2.60. The van der Waals surface area contributed by atoms with E-state index in [2.05, 4.69) is 9.47 Å². The van der Waals surface area contributed by atoms with Crippen molar-refractivity contribution in [2.45, 2.75) is 4.90 Å². The molecule has 156 valence electrons. The molecule has 0 bridgehead atoms. The minimum atomic E-state index is -4.22. The first-order valence-corrected chi connectivity index (χ1v) is 9.72. The van der Waals surface area contributed by atoms with Crippen LogP contribution in [0.1, 0.15) is 10.4 Å². The third kappa shape index (κ3) is 4.77. The van der Waals surface area contributed by atoms with Crippen molar-refractivity contribution in [2.24, 2.45) is 0 Å². The van der Waals surface area contributed by atoms with Gasteiger partial charge >= 0.3 is 11.9 Å². The molecule has 0 amide bonds. The number of nitrogens with zero attached hydrogens (tertiary/aromatic N) is 1. The zero-order chi connectivity index (χ0) is 21.6. The van der Waals surface area contributed by atoms with Crippen LogP contribution in [0.4, 0.5) is 5.69 Å². The topological polar surface area (TPSA) is 108 Å². The maximum Gasteiger partial charge on any atom is 0.337 e. The molecule has 10 heteroatoms. The SMILES string of the molecule is COC(=O)CN(c1cccc(C(=O)OC)c1)S(=O)(=O)c1ccc(OC)c(OC)c1. The van der Waals surface area contributed by atoms with Crippen LogP contribution in [0, 0.1) is 0 Å². The smallest absolute Gasteiger partial charge is 0.337 e. The first-order chi connectivity index (χ1) is 13.8. The normalized spacial score (nSPS) is 10.8. The monoisotopic (exact) mass is 423 g/mol. The summed E-state index contributed by atoms with van der Waals surface area (Å²) in [5.74, 6) is -0.875.